The van der Waals surface area contributed by atoms with Crippen molar-refractivity contribution >= 4 is 16.7 Å². The Morgan fingerprint density at radius 1 is 1.50 bits per heavy atom. The molecule has 2 heterocycles. The highest BCUT2D eigenvalue weighted by Gasteiger charge is 2.05. The van der Waals surface area contributed by atoms with Gasteiger partial charge in [0.05, 0.1) is 5.69 Å². The molecular formula is C8H11N5S. The summed E-state index contributed by atoms with van der Waals surface area (Å²) in [5.74, 6) is 0.721. The van der Waals surface area contributed by atoms with Crippen LogP contribution in [0.15, 0.2) is 6.07 Å². The second-order valence-corrected chi connectivity index (χ2v) is 3.92. The standard InChI is InChI=1S/C8H11N5S/c1-5-3-6(2)13(11-5)4-7-10-8(9)14-12-7/h3H,4H2,1-2H3,(H2,9,10,12). The average Bonchev–Trinajstić information content (AvgIpc) is 2.61. The summed E-state index contributed by atoms with van der Waals surface area (Å²) in [7, 11) is 0. The Kier molecular flexibility index (Phi) is 2.20. The summed E-state index contributed by atoms with van der Waals surface area (Å²) < 4.78 is 5.98. The van der Waals surface area contributed by atoms with E-state index in [-0.39, 0.29) is 0 Å². The third-order valence-electron chi connectivity index (χ3n) is 1.88. The van der Waals surface area contributed by atoms with Crippen LogP contribution < -0.4 is 5.73 Å². The lowest BCUT2D eigenvalue weighted by molar-refractivity contribution is 0.639. The Labute approximate surface area is 85.8 Å². The van der Waals surface area contributed by atoms with E-state index in [1.165, 1.54) is 11.5 Å². The molecule has 0 aromatic carbocycles. The molecular weight excluding hydrogens is 198 g/mol. The minimum Gasteiger partial charge on any atom is -0.374 e. The van der Waals surface area contributed by atoms with E-state index >= 15 is 0 Å². The Morgan fingerprint density at radius 3 is 2.79 bits per heavy atom. The van der Waals surface area contributed by atoms with Crippen LogP contribution in [0, 0.1) is 13.8 Å². The summed E-state index contributed by atoms with van der Waals surface area (Å²) >= 11 is 1.21. The normalized spacial score (nSPS) is 10.7. The van der Waals surface area contributed by atoms with Crippen molar-refractivity contribution in [2.75, 3.05) is 5.73 Å². The van der Waals surface area contributed by atoms with Crippen molar-refractivity contribution in [3.8, 4) is 0 Å². The minimum atomic E-state index is 0.501. The van der Waals surface area contributed by atoms with Gasteiger partial charge in [0.15, 0.2) is 11.0 Å². The molecule has 5 nitrogen and oxygen atoms in total. The fraction of sp³-hybridized carbons (Fsp3) is 0.375. The van der Waals surface area contributed by atoms with E-state index < -0.39 is 0 Å². The first kappa shape index (κ1) is 9.14. The van der Waals surface area contributed by atoms with Crippen LogP contribution in [0.1, 0.15) is 17.2 Å². The molecule has 0 atom stereocenters. The number of nitrogen functional groups attached to an aromatic ring is 1. The number of nitrogens with zero attached hydrogens (tertiary/aromatic N) is 4. The number of anilines is 1. The highest BCUT2D eigenvalue weighted by molar-refractivity contribution is 7.09. The van der Waals surface area contributed by atoms with Gasteiger partial charge in [-0.3, -0.25) is 4.68 Å². The Hall–Kier alpha value is -1.43. The van der Waals surface area contributed by atoms with Crippen molar-refractivity contribution in [3.63, 3.8) is 0 Å². The van der Waals surface area contributed by atoms with Crippen LogP contribution in [0.3, 0.4) is 0 Å². The Balaban J connectivity index is 2.22. The molecule has 6 heteroatoms. The smallest absolute Gasteiger partial charge is 0.200 e. The summed E-state index contributed by atoms with van der Waals surface area (Å²) in [6.45, 7) is 4.56. The summed E-state index contributed by atoms with van der Waals surface area (Å²) in [5, 5.41) is 4.82. The van der Waals surface area contributed by atoms with Gasteiger partial charge in [0.2, 0.25) is 0 Å². The van der Waals surface area contributed by atoms with Crippen molar-refractivity contribution in [1.82, 2.24) is 19.1 Å². The number of rotatable bonds is 2. The lowest BCUT2D eigenvalue weighted by Crippen LogP contribution is -2.05. The molecule has 2 N–H and O–H groups in total. The molecule has 0 fully saturated rings. The zero-order valence-electron chi connectivity index (χ0n) is 8.06. The number of nitrogens with two attached hydrogens (primary N) is 1. The van der Waals surface area contributed by atoms with Gasteiger partial charge in [-0.2, -0.15) is 9.47 Å². The molecule has 0 saturated carbocycles. The summed E-state index contributed by atoms with van der Waals surface area (Å²) in [6, 6.07) is 2.02. The molecule has 0 bridgehead atoms. The van der Waals surface area contributed by atoms with Crippen molar-refractivity contribution in [1.29, 1.82) is 0 Å². The van der Waals surface area contributed by atoms with Gasteiger partial charge in [-0.05, 0) is 19.9 Å². The van der Waals surface area contributed by atoms with Gasteiger partial charge in [0.25, 0.3) is 0 Å². The summed E-state index contributed by atoms with van der Waals surface area (Å²) in [5.41, 5.74) is 7.60. The van der Waals surface area contributed by atoms with Crippen molar-refractivity contribution < 1.29 is 0 Å². The maximum absolute atomic E-state index is 5.49. The molecule has 0 aliphatic rings. The largest absolute Gasteiger partial charge is 0.374 e. The highest BCUT2D eigenvalue weighted by Crippen LogP contribution is 2.09. The van der Waals surface area contributed by atoms with Gasteiger partial charge < -0.3 is 5.73 Å². The van der Waals surface area contributed by atoms with Crippen molar-refractivity contribution in [2.24, 2.45) is 0 Å². The van der Waals surface area contributed by atoms with Crippen LogP contribution in [0.4, 0.5) is 5.13 Å². The second-order valence-electron chi connectivity index (χ2n) is 3.13. The van der Waals surface area contributed by atoms with E-state index in [0.717, 1.165) is 17.2 Å². The van der Waals surface area contributed by atoms with E-state index in [9.17, 15) is 0 Å². The molecule has 0 amide bonds. The quantitative estimate of drug-likeness (QED) is 0.800. The lowest BCUT2D eigenvalue weighted by atomic mass is 10.4. The summed E-state index contributed by atoms with van der Waals surface area (Å²) in [6.07, 6.45) is 0. The summed E-state index contributed by atoms with van der Waals surface area (Å²) in [4.78, 5) is 4.08. The molecule has 0 saturated heterocycles. The first-order valence-electron chi connectivity index (χ1n) is 4.24. The monoisotopic (exact) mass is 209 g/mol. The van der Waals surface area contributed by atoms with E-state index in [1.54, 1.807) is 0 Å². The molecule has 0 radical (unpaired) electrons. The van der Waals surface area contributed by atoms with E-state index in [1.807, 2.05) is 24.6 Å². The maximum atomic E-state index is 5.49. The first-order chi connectivity index (χ1) is 6.65. The zero-order valence-corrected chi connectivity index (χ0v) is 8.88. The SMILES string of the molecule is Cc1cc(C)n(Cc2nsc(N)n2)n1. The van der Waals surface area contributed by atoms with Crippen LogP contribution in [-0.4, -0.2) is 19.1 Å². The fourth-order valence-electron chi connectivity index (χ4n) is 1.30. The van der Waals surface area contributed by atoms with Crippen LogP contribution in [0.5, 0.6) is 0 Å². The van der Waals surface area contributed by atoms with Gasteiger partial charge in [0, 0.05) is 17.2 Å². The lowest BCUT2D eigenvalue weighted by Gasteiger charge is -1.99. The fourth-order valence-corrected chi connectivity index (χ4v) is 1.74. The molecule has 0 unspecified atom stereocenters. The van der Waals surface area contributed by atoms with Gasteiger partial charge in [-0.15, -0.1) is 0 Å². The number of hydrogen-bond acceptors (Lipinski definition) is 5. The van der Waals surface area contributed by atoms with Gasteiger partial charge in [-0.25, -0.2) is 4.98 Å². The predicted molar refractivity (Wildman–Crippen MR) is 55.1 cm³/mol. The Bertz CT molecular complexity index is 444. The number of hydrogen-bond donors (Lipinski definition) is 1. The van der Waals surface area contributed by atoms with Gasteiger partial charge >= 0.3 is 0 Å². The molecule has 74 valence electrons. The average molecular weight is 209 g/mol. The third kappa shape index (κ3) is 1.74. The molecule has 0 aliphatic carbocycles. The maximum Gasteiger partial charge on any atom is 0.200 e. The first-order valence-corrected chi connectivity index (χ1v) is 5.01. The number of aryl methyl sites for hydroxylation is 2. The van der Waals surface area contributed by atoms with Crippen LogP contribution in [0.25, 0.3) is 0 Å². The molecule has 0 aliphatic heterocycles. The molecule has 14 heavy (non-hydrogen) atoms. The predicted octanol–water partition coefficient (Wildman–Crippen LogP) is 0.982. The highest BCUT2D eigenvalue weighted by atomic mass is 32.1. The molecule has 2 aromatic heterocycles. The van der Waals surface area contributed by atoms with Crippen molar-refractivity contribution in [3.05, 3.63) is 23.3 Å². The molecule has 0 spiro atoms. The number of aromatic nitrogens is 4. The van der Waals surface area contributed by atoms with E-state index in [0.29, 0.717) is 11.7 Å². The molecule has 2 rings (SSSR count). The van der Waals surface area contributed by atoms with Crippen LogP contribution in [-0.2, 0) is 6.54 Å². The third-order valence-corrected chi connectivity index (χ3v) is 2.46. The van der Waals surface area contributed by atoms with E-state index in [2.05, 4.69) is 14.5 Å². The minimum absolute atomic E-state index is 0.501. The second kappa shape index (κ2) is 3.38. The van der Waals surface area contributed by atoms with Crippen molar-refractivity contribution in [2.45, 2.75) is 20.4 Å². The van der Waals surface area contributed by atoms with Gasteiger partial charge in [-0.1, -0.05) is 0 Å². The molecule has 2 aromatic rings. The van der Waals surface area contributed by atoms with Gasteiger partial charge in [0.1, 0.15) is 6.54 Å². The van der Waals surface area contributed by atoms with Crippen LogP contribution >= 0.6 is 11.5 Å². The zero-order chi connectivity index (χ0) is 10.1. The Morgan fingerprint density at radius 2 is 2.29 bits per heavy atom. The van der Waals surface area contributed by atoms with E-state index in [4.69, 9.17) is 5.73 Å². The van der Waals surface area contributed by atoms with Crippen LogP contribution in [0.2, 0.25) is 0 Å². The topological polar surface area (TPSA) is 69.6 Å².